The summed E-state index contributed by atoms with van der Waals surface area (Å²) in [5, 5.41) is 7.88. The van der Waals surface area contributed by atoms with Gasteiger partial charge in [0.1, 0.15) is 5.82 Å². The van der Waals surface area contributed by atoms with Crippen molar-refractivity contribution < 1.29 is 0 Å². The van der Waals surface area contributed by atoms with Crippen LogP contribution in [0.2, 0.25) is 0 Å². The molecule has 4 nitrogen and oxygen atoms in total. The van der Waals surface area contributed by atoms with Crippen molar-refractivity contribution in [2.24, 2.45) is 0 Å². The molecule has 9 aromatic carbocycles. The van der Waals surface area contributed by atoms with Crippen molar-refractivity contribution in [1.82, 2.24) is 18.7 Å². The second-order valence-electron chi connectivity index (χ2n) is 15.9. The van der Waals surface area contributed by atoms with Crippen molar-refractivity contribution >= 4 is 65.4 Å². The van der Waals surface area contributed by atoms with Gasteiger partial charge in [-0.15, -0.1) is 0 Å². The molecular formula is C55H36N4. The number of fused-ring (bicyclic) bond motifs is 13. The summed E-state index contributed by atoms with van der Waals surface area (Å²) >= 11 is 0. The van der Waals surface area contributed by atoms with Crippen LogP contribution in [-0.4, -0.2) is 18.7 Å². The van der Waals surface area contributed by atoms with Gasteiger partial charge >= 0.3 is 0 Å². The van der Waals surface area contributed by atoms with Crippen LogP contribution in [0.4, 0.5) is 0 Å². The van der Waals surface area contributed by atoms with E-state index >= 15 is 0 Å². The molecule has 0 unspecified atom stereocenters. The molecule has 1 aliphatic rings. The molecule has 0 amide bonds. The maximum atomic E-state index is 5.14. The Bertz CT molecular complexity index is 3640. The van der Waals surface area contributed by atoms with Crippen LogP contribution >= 0.6 is 0 Å². The smallest absolute Gasteiger partial charge is 0.145 e. The summed E-state index contributed by atoms with van der Waals surface area (Å²) in [6.07, 6.45) is 1.78. The molecule has 12 aromatic rings. The average molecular weight is 753 g/mol. The summed E-state index contributed by atoms with van der Waals surface area (Å²) in [5.74, 6) is 0.935. The molecule has 0 saturated carbocycles. The number of nitrogens with zero attached hydrogens (tertiary/aromatic N) is 4. The molecule has 0 radical (unpaired) electrons. The second-order valence-corrected chi connectivity index (χ2v) is 15.9. The maximum absolute atomic E-state index is 5.14. The van der Waals surface area contributed by atoms with Gasteiger partial charge in [-0.25, -0.2) is 4.98 Å². The molecular weight excluding hydrogens is 717 g/mol. The predicted octanol–water partition coefficient (Wildman–Crippen LogP) is 13.5. The fourth-order valence-corrected chi connectivity index (χ4v) is 10.2. The van der Waals surface area contributed by atoms with E-state index in [0.29, 0.717) is 0 Å². The highest BCUT2D eigenvalue weighted by Gasteiger charge is 2.30. The van der Waals surface area contributed by atoms with E-state index in [1.807, 2.05) is 0 Å². The summed E-state index contributed by atoms with van der Waals surface area (Å²) in [5.41, 5.74) is 17.2. The normalized spacial score (nSPS) is 12.6. The van der Waals surface area contributed by atoms with Crippen molar-refractivity contribution in [1.29, 1.82) is 0 Å². The molecule has 1 aliphatic carbocycles. The van der Waals surface area contributed by atoms with Crippen LogP contribution in [0, 0.1) is 0 Å². The van der Waals surface area contributed by atoms with Crippen LogP contribution in [0.25, 0.3) is 93.9 Å². The molecule has 276 valence electrons. The number of hydrogen-bond acceptors (Lipinski definition) is 1. The predicted molar refractivity (Wildman–Crippen MR) is 245 cm³/mol. The Morgan fingerprint density at radius 2 is 0.814 bits per heavy atom. The molecule has 0 fully saturated rings. The second kappa shape index (κ2) is 12.4. The molecule has 0 aliphatic heterocycles. The maximum Gasteiger partial charge on any atom is 0.145 e. The van der Waals surface area contributed by atoms with Crippen LogP contribution in [0.15, 0.2) is 194 Å². The van der Waals surface area contributed by atoms with Gasteiger partial charge in [-0.3, -0.25) is 4.57 Å². The topological polar surface area (TPSA) is 27.7 Å². The van der Waals surface area contributed by atoms with E-state index in [1.165, 1.54) is 76.6 Å². The van der Waals surface area contributed by atoms with Gasteiger partial charge in [0.05, 0.1) is 33.1 Å². The van der Waals surface area contributed by atoms with Crippen LogP contribution in [0.3, 0.4) is 0 Å². The van der Waals surface area contributed by atoms with Gasteiger partial charge in [-0.05, 0) is 107 Å². The molecule has 13 rings (SSSR count). The lowest BCUT2D eigenvalue weighted by Gasteiger charge is -2.24. The van der Waals surface area contributed by atoms with E-state index in [-0.39, 0.29) is 0 Å². The minimum absolute atomic E-state index is 0.885. The molecule has 4 heteroatoms. The standard InChI is InChI=1S/C55H36N4/c1-3-15-35(16-4-1)55-56-47-23-11-14-26-50(47)59(55)42-29-27-41(28-30-42)58-49-25-13-10-22-44(49)52-46-34-39-32-37-18-8-7-17-36(37)31-38(39)33-45(46)51-43-21-9-12-24-48(43)57(53(51)54(52)58)40-19-5-2-6-20-40/h1-32H,33-34H2. The highest BCUT2D eigenvalue weighted by molar-refractivity contribution is 6.26. The summed E-state index contributed by atoms with van der Waals surface area (Å²) in [7, 11) is 0. The van der Waals surface area contributed by atoms with Crippen molar-refractivity contribution in [2.45, 2.75) is 12.8 Å². The molecule has 0 spiro atoms. The third kappa shape index (κ3) is 4.69. The lowest BCUT2D eigenvalue weighted by Crippen LogP contribution is -2.10. The molecule has 3 heterocycles. The first-order chi connectivity index (χ1) is 29.3. The fraction of sp³-hybridized carbons (Fsp3) is 0.0364. The van der Waals surface area contributed by atoms with E-state index in [4.69, 9.17) is 4.98 Å². The Balaban J connectivity index is 1.14. The van der Waals surface area contributed by atoms with Crippen LogP contribution < -0.4 is 0 Å². The molecule has 0 saturated heterocycles. The Morgan fingerprint density at radius 1 is 0.373 bits per heavy atom. The molecule has 3 aromatic heterocycles. The third-order valence-corrected chi connectivity index (χ3v) is 12.7. The number of imidazole rings is 1. The number of hydrogen-bond donors (Lipinski definition) is 0. The lowest BCUT2D eigenvalue weighted by atomic mass is 9.80. The summed E-state index contributed by atoms with van der Waals surface area (Å²) in [4.78, 5) is 5.14. The van der Waals surface area contributed by atoms with E-state index in [9.17, 15) is 0 Å². The van der Waals surface area contributed by atoms with Gasteiger partial charge in [0, 0.05) is 44.2 Å². The van der Waals surface area contributed by atoms with Crippen LogP contribution in [0.1, 0.15) is 22.3 Å². The van der Waals surface area contributed by atoms with Gasteiger partial charge in [0.25, 0.3) is 0 Å². The van der Waals surface area contributed by atoms with Gasteiger partial charge in [-0.2, -0.15) is 0 Å². The van der Waals surface area contributed by atoms with Crippen molar-refractivity contribution in [3.8, 4) is 28.5 Å². The monoisotopic (exact) mass is 752 g/mol. The average Bonchev–Trinajstić information content (AvgIpc) is 3.97. The Hall–Kier alpha value is -7.69. The lowest BCUT2D eigenvalue weighted by molar-refractivity contribution is 1.03. The van der Waals surface area contributed by atoms with Crippen LogP contribution in [-0.2, 0) is 12.8 Å². The summed E-state index contributed by atoms with van der Waals surface area (Å²) in [6, 6.07) is 70.7. The van der Waals surface area contributed by atoms with Gasteiger partial charge in [0.15, 0.2) is 0 Å². The first kappa shape index (κ1) is 32.4. The van der Waals surface area contributed by atoms with Gasteiger partial charge < -0.3 is 9.13 Å². The SMILES string of the molecule is c1ccc(-c2nc3ccccc3n2-c2ccc(-n3c4ccccc4c4c5c(c6c7ccccc7n(-c7ccccc7)c6c43)Cc3cc4ccccc4cc3C5)cc2)cc1. The first-order valence-corrected chi connectivity index (χ1v) is 20.5. The number of rotatable bonds is 4. The molecule has 0 atom stereocenters. The zero-order valence-corrected chi connectivity index (χ0v) is 32.2. The number of para-hydroxylation sites is 5. The zero-order valence-electron chi connectivity index (χ0n) is 32.2. The summed E-state index contributed by atoms with van der Waals surface area (Å²) < 4.78 is 7.36. The van der Waals surface area contributed by atoms with Gasteiger partial charge in [-0.1, -0.05) is 133 Å². The number of benzene rings is 9. The first-order valence-electron chi connectivity index (χ1n) is 20.5. The Morgan fingerprint density at radius 3 is 1.39 bits per heavy atom. The molecule has 0 N–H and O–H groups in total. The Labute approximate surface area is 340 Å². The van der Waals surface area contributed by atoms with Crippen molar-refractivity contribution in [2.75, 3.05) is 0 Å². The quantitative estimate of drug-likeness (QED) is 0.176. The largest absolute Gasteiger partial charge is 0.307 e. The van der Waals surface area contributed by atoms with Crippen LogP contribution in [0.5, 0.6) is 0 Å². The number of aromatic nitrogens is 4. The van der Waals surface area contributed by atoms with E-state index in [2.05, 4.69) is 208 Å². The minimum Gasteiger partial charge on any atom is -0.307 e. The summed E-state index contributed by atoms with van der Waals surface area (Å²) in [6.45, 7) is 0. The third-order valence-electron chi connectivity index (χ3n) is 12.7. The Kier molecular flexibility index (Phi) is 6.81. The highest BCUT2D eigenvalue weighted by atomic mass is 15.1. The van der Waals surface area contributed by atoms with Crippen molar-refractivity contribution in [3.63, 3.8) is 0 Å². The van der Waals surface area contributed by atoms with E-state index in [1.54, 1.807) is 0 Å². The zero-order chi connectivity index (χ0) is 38.6. The molecule has 59 heavy (non-hydrogen) atoms. The van der Waals surface area contributed by atoms with Crippen molar-refractivity contribution in [3.05, 3.63) is 216 Å². The van der Waals surface area contributed by atoms with Gasteiger partial charge in [0.2, 0.25) is 0 Å². The fourth-order valence-electron chi connectivity index (χ4n) is 10.2. The van der Waals surface area contributed by atoms with E-state index in [0.717, 1.165) is 52.3 Å². The highest BCUT2D eigenvalue weighted by Crippen LogP contribution is 2.48. The molecule has 0 bridgehead atoms. The minimum atomic E-state index is 0.885. The van der Waals surface area contributed by atoms with E-state index < -0.39 is 0 Å².